The van der Waals surface area contributed by atoms with Crippen molar-refractivity contribution < 1.29 is 18.8 Å². The number of carbonyl (C=O) groups excluding carboxylic acids is 1. The zero-order valence-electron chi connectivity index (χ0n) is 12.7. The van der Waals surface area contributed by atoms with Gasteiger partial charge >= 0.3 is 5.69 Å². The van der Waals surface area contributed by atoms with Crippen LogP contribution in [0.3, 0.4) is 0 Å². The van der Waals surface area contributed by atoms with Gasteiger partial charge in [0.05, 0.1) is 11.1 Å². The second-order valence-corrected chi connectivity index (χ2v) is 4.86. The van der Waals surface area contributed by atoms with Crippen LogP contribution in [0.2, 0.25) is 0 Å². The summed E-state index contributed by atoms with van der Waals surface area (Å²) in [6.45, 7) is 1.29. The minimum atomic E-state index is -0.580. The first-order chi connectivity index (χ1) is 11.5. The molecule has 0 fully saturated rings. The van der Waals surface area contributed by atoms with E-state index in [1.165, 1.54) is 42.6 Å². The zero-order valence-corrected chi connectivity index (χ0v) is 12.7. The Labute approximate surface area is 136 Å². The summed E-state index contributed by atoms with van der Waals surface area (Å²) in [7, 11) is 0. The Morgan fingerprint density at radius 2 is 2.04 bits per heavy atom. The van der Waals surface area contributed by atoms with Crippen molar-refractivity contribution in [2.75, 3.05) is 6.61 Å². The van der Waals surface area contributed by atoms with E-state index in [-0.39, 0.29) is 17.3 Å². The highest BCUT2D eigenvalue weighted by atomic mass is 19.1. The van der Waals surface area contributed by atoms with Crippen LogP contribution in [0.5, 0.6) is 5.75 Å². The summed E-state index contributed by atoms with van der Waals surface area (Å²) in [6.07, 6.45) is 1.34. The highest BCUT2D eigenvalue weighted by Gasteiger charge is 2.16. The lowest BCUT2D eigenvalue weighted by molar-refractivity contribution is -0.385. The molecule has 0 saturated carbocycles. The van der Waals surface area contributed by atoms with Crippen LogP contribution >= 0.6 is 0 Å². The second-order valence-electron chi connectivity index (χ2n) is 4.86. The van der Waals surface area contributed by atoms with E-state index in [1.807, 2.05) is 0 Å². The van der Waals surface area contributed by atoms with Gasteiger partial charge in [-0.1, -0.05) is 18.2 Å². The van der Waals surface area contributed by atoms with Crippen molar-refractivity contribution in [3.05, 3.63) is 69.5 Å². The zero-order chi connectivity index (χ0) is 17.5. The van der Waals surface area contributed by atoms with Crippen LogP contribution in [0.15, 0.2) is 47.6 Å². The third-order valence-corrected chi connectivity index (χ3v) is 2.94. The van der Waals surface area contributed by atoms with Crippen molar-refractivity contribution in [2.45, 2.75) is 6.92 Å². The Hall–Kier alpha value is -3.29. The summed E-state index contributed by atoms with van der Waals surface area (Å²) in [5.41, 5.74) is 3.32. The van der Waals surface area contributed by atoms with Crippen molar-refractivity contribution in [3.63, 3.8) is 0 Å². The average Bonchev–Trinajstić information content (AvgIpc) is 2.55. The summed E-state index contributed by atoms with van der Waals surface area (Å²) < 4.78 is 17.9. The number of carbonyl (C=O) groups is 1. The standard InChI is InChI=1S/C16H14FN3O4/c1-11-2-7-15(14(8-11)20(22)23)24-10-16(21)19-18-9-12-3-5-13(17)6-4-12/h2-9H,10H2,1H3,(H,19,21)/b18-9-. The molecule has 1 N–H and O–H groups in total. The first kappa shape index (κ1) is 17.1. The summed E-state index contributed by atoms with van der Waals surface area (Å²) in [6, 6.07) is 9.97. The number of nitro benzene ring substituents is 1. The molecule has 0 aliphatic heterocycles. The third kappa shape index (κ3) is 4.87. The molecular formula is C16H14FN3O4. The van der Waals surface area contributed by atoms with Gasteiger partial charge in [-0.2, -0.15) is 5.10 Å². The second kappa shape index (κ2) is 7.82. The van der Waals surface area contributed by atoms with Crippen LogP contribution in [0, 0.1) is 22.9 Å². The highest BCUT2D eigenvalue weighted by Crippen LogP contribution is 2.27. The molecule has 0 saturated heterocycles. The van der Waals surface area contributed by atoms with Crippen LogP contribution < -0.4 is 10.2 Å². The van der Waals surface area contributed by atoms with Crippen molar-refractivity contribution in [1.29, 1.82) is 0 Å². The molecule has 1 amide bonds. The van der Waals surface area contributed by atoms with E-state index in [4.69, 9.17) is 4.74 Å². The smallest absolute Gasteiger partial charge is 0.311 e. The number of amides is 1. The number of rotatable bonds is 6. The van der Waals surface area contributed by atoms with Crippen molar-refractivity contribution in [1.82, 2.24) is 5.43 Å². The molecule has 0 bridgehead atoms. The molecule has 0 radical (unpaired) electrons. The lowest BCUT2D eigenvalue weighted by Crippen LogP contribution is -2.24. The van der Waals surface area contributed by atoms with E-state index in [1.54, 1.807) is 13.0 Å². The number of nitro groups is 1. The van der Waals surface area contributed by atoms with Gasteiger partial charge < -0.3 is 4.74 Å². The van der Waals surface area contributed by atoms with Crippen LogP contribution in [0.25, 0.3) is 0 Å². The number of ether oxygens (including phenoxy) is 1. The van der Waals surface area contributed by atoms with E-state index in [0.717, 1.165) is 0 Å². The van der Waals surface area contributed by atoms with Crippen LogP contribution in [0.4, 0.5) is 10.1 Å². The van der Waals surface area contributed by atoms with E-state index in [9.17, 15) is 19.3 Å². The van der Waals surface area contributed by atoms with Gasteiger partial charge in [0.1, 0.15) is 5.82 Å². The van der Waals surface area contributed by atoms with Gasteiger partial charge in [0.15, 0.2) is 12.4 Å². The summed E-state index contributed by atoms with van der Waals surface area (Å²) in [5, 5.41) is 14.6. The third-order valence-electron chi connectivity index (χ3n) is 2.94. The van der Waals surface area contributed by atoms with E-state index in [0.29, 0.717) is 11.1 Å². The van der Waals surface area contributed by atoms with E-state index < -0.39 is 17.4 Å². The van der Waals surface area contributed by atoms with E-state index >= 15 is 0 Å². The molecule has 0 aromatic heterocycles. The minimum absolute atomic E-state index is 0.00302. The molecule has 2 aromatic rings. The number of benzene rings is 2. The summed E-state index contributed by atoms with van der Waals surface area (Å²) in [4.78, 5) is 22.0. The molecule has 0 spiro atoms. The number of hydrogen-bond donors (Lipinski definition) is 1. The van der Waals surface area contributed by atoms with Crippen LogP contribution in [-0.2, 0) is 4.79 Å². The van der Waals surface area contributed by atoms with Crippen LogP contribution in [-0.4, -0.2) is 23.7 Å². The van der Waals surface area contributed by atoms with Crippen molar-refractivity contribution in [2.24, 2.45) is 5.10 Å². The first-order valence-electron chi connectivity index (χ1n) is 6.91. The molecule has 0 atom stereocenters. The number of aryl methyl sites for hydroxylation is 1. The van der Waals surface area contributed by atoms with Gasteiger partial charge in [-0.15, -0.1) is 0 Å². The lowest BCUT2D eigenvalue weighted by atomic mass is 10.2. The molecule has 0 aliphatic carbocycles. The molecule has 0 aliphatic rings. The molecule has 2 aromatic carbocycles. The molecule has 24 heavy (non-hydrogen) atoms. The molecule has 0 heterocycles. The molecule has 7 nitrogen and oxygen atoms in total. The summed E-state index contributed by atoms with van der Waals surface area (Å²) >= 11 is 0. The van der Waals surface area contributed by atoms with Gasteiger partial charge in [-0.3, -0.25) is 14.9 Å². The Bertz CT molecular complexity index is 775. The van der Waals surface area contributed by atoms with Crippen LogP contribution in [0.1, 0.15) is 11.1 Å². The van der Waals surface area contributed by atoms with Crippen molar-refractivity contribution in [3.8, 4) is 5.75 Å². The fourth-order valence-corrected chi connectivity index (χ4v) is 1.80. The maximum absolute atomic E-state index is 12.7. The molecule has 0 unspecified atom stereocenters. The Balaban J connectivity index is 1.89. The fourth-order valence-electron chi connectivity index (χ4n) is 1.80. The van der Waals surface area contributed by atoms with E-state index in [2.05, 4.69) is 10.5 Å². The number of nitrogens with one attached hydrogen (secondary N) is 1. The minimum Gasteiger partial charge on any atom is -0.477 e. The predicted molar refractivity (Wildman–Crippen MR) is 85.5 cm³/mol. The summed E-state index contributed by atoms with van der Waals surface area (Å²) in [5.74, 6) is -0.948. The first-order valence-corrected chi connectivity index (χ1v) is 6.91. The Morgan fingerprint density at radius 1 is 1.33 bits per heavy atom. The Morgan fingerprint density at radius 3 is 2.71 bits per heavy atom. The largest absolute Gasteiger partial charge is 0.477 e. The maximum Gasteiger partial charge on any atom is 0.311 e. The number of halogens is 1. The quantitative estimate of drug-likeness (QED) is 0.500. The molecule has 2 rings (SSSR count). The molecule has 8 heteroatoms. The lowest BCUT2D eigenvalue weighted by Gasteiger charge is -2.06. The topological polar surface area (TPSA) is 93.8 Å². The fraction of sp³-hybridized carbons (Fsp3) is 0.125. The number of hydrogen-bond acceptors (Lipinski definition) is 5. The molecule has 124 valence electrons. The Kier molecular flexibility index (Phi) is 5.56. The van der Waals surface area contributed by atoms with Gasteiger partial charge in [-0.25, -0.2) is 9.82 Å². The van der Waals surface area contributed by atoms with Gasteiger partial charge in [-0.05, 0) is 36.2 Å². The number of hydrazone groups is 1. The predicted octanol–water partition coefficient (Wildman–Crippen LogP) is 2.57. The monoisotopic (exact) mass is 331 g/mol. The van der Waals surface area contributed by atoms with Gasteiger partial charge in [0.2, 0.25) is 0 Å². The van der Waals surface area contributed by atoms with Gasteiger partial charge in [0.25, 0.3) is 5.91 Å². The van der Waals surface area contributed by atoms with Gasteiger partial charge in [0, 0.05) is 6.07 Å². The van der Waals surface area contributed by atoms with Crippen molar-refractivity contribution >= 4 is 17.8 Å². The highest BCUT2D eigenvalue weighted by molar-refractivity contribution is 5.82. The molecular weight excluding hydrogens is 317 g/mol. The normalized spacial score (nSPS) is 10.6. The SMILES string of the molecule is Cc1ccc(OCC(=O)N/N=C\c2ccc(F)cc2)c([N+](=O)[O-])c1. The number of nitrogens with zero attached hydrogens (tertiary/aromatic N) is 2. The average molecular weight is 331 g/mol. The maximum atomic E-state index is 12.7.